The average molecular weight is 306 g/mol. The molecule has 1 fully saturated rings. The zero-order chi connectivity index (χ0) is 15.7. The molecule has 0 spiro atoms. The van der Waals surface area contributed by atoms with Crippen molar-refractivity contribution in [3.63, 3.8) is 0 Å². The standard InChI is InChI=1S/C17H23FN2O2/c1-2-19-11-12-10-13(18)6-7-14(12)20(9-8-17(19)22)15-4-3-5-16(15)21/h6-7,10,15-16,21H,2-5,8-9,11H2,1H3/t15-,16-/m1/s1. The molecule has 0 saturated heterocycles. The van der Waals surface area contributed by atoms with Crippen LogP contribution in [0.5, 0.6) is 0 Å². The van der Waals surface area contributed by atoms with Crippen molar-refractivity contribution >= 4 is 11.6 Å². The lowest BCUT2D eigenvalue weighted by atomic mass is 10.0. The molecule has 1 amide bonds. The number of carbonyl (C=O) groups excluding carboxylic acids is 1. The summed E-state index contributed by atoms with van der Waals surface area (Å²) in [5.41, 5.74) is 1.78. The largest absolute Gasteiger partial charge is 0.391 e. The van der Waals surface area contributed by atoms with Crippen LogP contribution in [-0.4, -0.2) is 41.1 Å². The molecule has 0 radical (unpaired) electrons. The van der Waals surface area contributed by atoms with Crippen LogP contribution in [0.1, 0.15) is 38.2 Å². The molecule has 0 unspecified atom stereocenters. The molecule has 1 N–H and O–H groups in total. The summed E-state index contributed by atoms with van der Waals surface area (Å²) in [4.78, 5) is 16.2. The van der Waals surface area contributed by atoms with Crippen LogP contribution in [0.4, 0.5) is 10.1 Å². The van der Waals surface area contributed by atoms with E-state index in [0.717, 1.165) is 30.5 Å². The maximum Gasteiger partial charge on any atom is 0.224 e. The number of nitrogens with zero attached hydrogens (tertiary/aromatic N) is 2. The molecule has 1 aliphatic heterocycles. The smallest absolute Gasteiger partial charge is 0.224 e. The highest BCUT2D eigenvalue weighted by Gasteiger charge is 2.33. The quantitative estimate of drug-likeness (QED) is 0.912. The highest BCUT2D eigenvalue weighted by Crippen LogP contribution is 2.33. The Morgan fingerprint density at radius 3 is 2.86 bits per heavy atom. The third-order valence-corrected chi connectivity index (χ3v) is 4.86. The molecule has 1 aromatic carbocycles. The predicted octanol–water partition coefficient (Wildman–Crippen LogP) is 2.30. The van der Waals surface area contributed by atoms with E-state index in [1.165, 1.54) is 12.1 Å². The van der Waals surface area contributed by atoms with Crippen LogP contribution in [-0.2, 0) is 11.3 Å². The zero-order valence-electron chi connectivity index (χ0n) is 13.0. The van der Waals surface area contributed by atoms with Gasteiger partial charge in [-0.1, -0.05) is 0 Å². The summed E-state index contributed by atoms with van der Waals surface area (Å²) in [6.45, 7) is 3.58. The Morgan fingerprint density at radius 2 is 2.18 bits per heavy atom. The highest BCUT2D eigenvalue weighted by atomic mass is 19.1. The van der Waals surface area contributed by atoms with E-state index in [4.69, 9.17) is 0 Å². The maximum atomic E-state index is 13.7. The molecule has 5 heteroatoms. The molecule has 4 nitrogen and oxygen atoms in total. The van der Waals surface area contributed by atoms with Gasteiger partial charge in [0.25, 0.3) is 0 Å². The van der Waals surface area contributed by atoms with Gasteiger partial charge in [-0.05, 0) is 49.9 Å². The Bertz CT molecular complexity index is 564. The fraction of sp³-hybridized carbons (Fsp3) is 0.588. The van der Waals surface area contributed by atoms with Crippen LogP contribution in [0.25, 0.3) is 0 Å². The first-order valence-electron chi connectivity index (χ1n) is 8.11. The number of carbonyl (C=O) groups is 1. The summed E-state index contributed by atoms with van der Waals surface area (Å²) in [5.74, 6) is -0.190. The molecular formula is C17H23FN2O2. The van der Waals surface area contributed by atoms with Gasteiger partial charge in [-0.15, -0.1) is 0 Å². The van der Waals surface area contributed by atoms with Gasteiger partial charge in [-0.2, -0.15) is 0 Å². The summed E-state index contributed by atoms with van der Waals surface area (Å²) in [7, 11) is 0. The first-order chi connectivity index (χ1) is 10.6. The number of benzene rings is 1. The van der Waals surface area contributed by atoms with Crippen LogP contribution < -0.4 is 4.90 Å². The molecule has 2 atom stereocenters. The maximum absolute atomic E-state index is 13.7. The van der Waals surface area contributed by atoms with Crippen molar-refractivity contribution in [2.45, 2.75) is 51.3 Å². The molecular weight excluding hydrogens is 283 g/mol. The average Bonchev–Trinajstić information content (AvgIpc) is 2.91. The monoisotopic (exact) mass is 306 g/mol. The molecule has 120 valence electrons. The second-order valence-corrected chi connectivity index (χ2v) is 6.19. The third-order valence-electron chi connectivity index (χ3n) is 4.86. The number of fused-ring (bicyclic) bond motifs is 1. The second-order valence-electron chi connectivity index (χ2n) is 6.19. The van der Waals surface area contributed by atoms with Crippen LogP contribution in [0, 0.1) is 5.82 Å². The number of amides is 1. The number of hydrogen-bond acceptors (Lipinski definition) is 3. The summed E-state index contributed by atoms with van der Waals surface area (Å²) in [6, 6.07) is 4.81. The molecule has 0 bridgehead atoms. The fourth-order valence-electron chi connectivity index (χ4n) is 3.67. The van der Waals surface area contributed by atoms with E-state index in [9.17, 15) is 14.3 Å². The van der Waals surface area contributed by atoms with Crippen molar-refractivity contribution in [3.05, 3.63) is 29.6 Å². The number of aliphatic hydroxyl groups excluding tert-OH is 1. The van der Waals surface area contributed by atoms with Crippen LogP contribution in [0.3, 0.4) is 0 Å². The van der Waals surface area contributed by atoms with Gasteiger partial charge >= 0.3 is 0 Å². The number of aliphatic hydroxyl groups is 1. The van der Waals surface area contributed by atoms with E-state index >= 15 is 0 Å². The van der Waals surface area contributed by atoms with Crippen molar-refractivity contribution < 1.29 is 14.3 Å². The van der Waals surface area contributed by atoms with E-state index in [1.54, 1.807) is 11.0 Å². The zero-order valence-corrected chi connectivity index (χ0v) is 13.0. The second kappa shape index (κ2) is 6.24. The Balaban J connectivity index is 1.99. The van der Waals surface area contributed by atoms with Gasteiger partial charge in [-0.3, -0.25) is 4.79 Å². The lowest BCUT2D eigenvalue weighted by molar-refractivity contribution is -0.131. The lowest BCUT2D eigenvalue weighted by Crippen LogP contribution is -2.45. The molecule has 1 aromatic rings. The number of halogens is 1. The van der Waals surface area contributed by atoms with Gasteiger partial charge in [0, 0.05) is 31.7 Å². The van der Waals surface area contributed by atoms with Gasteiger partial charge in [0.2, 0.25) is 5.91 Å². The van der Waals surface area contributed by atoms with Crippen molar-refractivity contribution in [1.82, 2.24) is 4.90 Å². The van der Waals surface area contributed by atoms with Gasteiger partial charge < -0.3 is 14.9 Å². The molecule has 1 saturated carbocycles. The minimum absolute atomic E-state index is 0.0326. The number of hydrogen-bond donors (Lipinski definition) is 1. The lowest BCUT2D eigenvalue weighted by Gasteiger charge is -2.37. The van der Waals surface area contributed by atoms with Crippen LogP contribution in [0.15, 0.2) is 18.2 Å². The Kier molecular flexibility index (Phi) is 4.34. The third kappa shape index (κ3) is 2.82. The van der Waals surface area contributed by atoms with Gasteiger partial charge in [0.1, 0.15) is 5.82 Å². The van der Waals surface area contributed by atoms with Crippen molar-refractivity contribution in [2.75, 3.05) is 18.0 Å². The molecule has 2 aliphatic rings. The van der Waals surface area contributed by atoms with Gasteiger partial charge in [0.15, 0.2) is 0 Å². The fourth-order valence-corrected chi connectivity index (χ4v) is 3.67. The summed E-state index contributed by atoms with van der Waals surface area (Å²) in [6.07, 6.45) is 2.78. The molecule has 1 aliphatic carbocycles. The Morgan fingerprint density at radius 1 is 1.36 bits per heavy atom. The van der Waals surface area contributed by atoms with Crippen LogP contribution >= 0.6 is 0 Å². The van der Waals surface area contributed by atoms with Crippen LogP contribution in [0.2, 0.25) is 0 Å². The van der Waals surface area contributed by atoms with Crippen molar-refractivity contribution in [2.24, 2.45) is 0 Å². The van der Waals surface area contributed by atoms with E-state index in [1.807, 2.05) is 6.92 Å². The highest BCUT2D eigenvalue weighted by molar-refractivity contribution is 5.78. The van der Waals surface area contributed by atoms with Crippen molar-refractivity contribution in [3.8, 4) is 0 Å². The van der Waals surface area contributed by atoms with E-state index in [-0.39, 0.29) is 23.9 Å². The van der Waals surface area contributed by atoms with E-state index in [0.29, 0.717) is 26.1 Å². The van der Waals surface area contributed by atoms with Gasteiger partial charge in [0.05, 0.1) is 12.1 Å². The summed E-state index contributed by atoms with van der Waals surface area (Å²) >= 11 is 0. The number of anilines is 1. The van der Waals surface area contributed by atoms with E-state index < -0.39 is 0 Å². The first kappa shape index (κ1) is 15.3. The minimum atomic E-state index is -0.366. The molecule has 3 rings (SSSR count). The normalized spacial score (nSPS) is 25.9. The minimum Gasteiger partial charge on any atom is -0.391 e. The molecule has 1 heterocycles. The Labute approximate surface area is 130 Å². The predicted molar refractivity (Wildman–Crippen MR) is 83.1 cm³/mol. The molecule has 0 aromatic heterocycles. The summed E-state index contributed by atoms with van der Waals surface area (Å²) in [5, 5.41) is 10.2. The topological polar surface area (TPSA) is 43.8 Å². The first-order valence-corrected chi connectivity index (χ1v) is 8.11. The number of rotatable bonds is 2. The SMILES string of the molecule is CCN1Cc2cc(F)ccc2N([C@@H]2CCC[C@H]2O)CCC1=O. The Hall–Kier alpha value is -1.62. The molecule has 22 heavy (non-hydrogen) atoms. The van der Waals surface area contributed by atoms with E-state index in [2.05, 4.69) is 4.90 Å². The van der Waals surface area contributed by atoms with Gasteiger partial charge in [-0.25, -0.2) is 4.39 Å². The van der Waals surface area contributed by atoms with Crippen molar-refractivity contribution in [1.29, 1.82) is 0 Å². The summed E-state index contributed by atoms with van der Waals surface area (Å²) < 4.78 is 13.7.